The van der Waals surface area contributed by atoms with E-state index in [1.165, 1.54) is 12.1 Å². The first-order valence-electron chi connectivity index (χ1n) is 8.06. The second-order valence-corrected chi connectivity index (χ2v) is 6.28. The lowest BCUT2D eigenvalue weighted by Gasteiger charge is -2.09. The summed E-state index contributed by atoms with van der Waals surface area (Å²) in [5, 5.41) is 0.478. The van der Waals surface area contributed by atoms with Gasteiger partial charge in [0, 0.05) is 12.8 Å². The van der Waals surface area contributed by atoms with Gasteiger partial charge in [-0.05, 0) is 24.3 Å². The van der Waals surface area contributed by atoms with Crippen LogP contribution in [0.25, 0.3) is 0 Å². The number of benzene rings is 2. The quantitative estimate of drug-likeness (QED) is 0.551. The van der Waals surface area contributed by atoms with Crippen molar-refractivity contribution >= 4 is 46.8 Å². The van der Waals surface area contributed by atoms with Gasteiger partial charge in [-0.15, -0.1) is 0 Å². The van der Waals surface area contributed by atoms with Crippen molar-refractivity contribution in [3.8, 4) is 0 Å². The van der Waals surface area contributed by atoms with Gasteiger partial charge < -0.3 is 0 Å². The number of halogens is 2. The lowest BCUT2D eigenvalue weighted by molar-refractivity contribution is -0.127. The monoisotopic (exact) mass is 422 g/mol. The number of rotatable bonds is 5. The van der Waals surface area contributed by atoms with Gasteiger partial charge in [-0.25, -0.2) is 0 Å². The fraction of sp³-hybridized carbons (Fsp3) is 0.111. The molecule has 0 saturated heterocycles. The van der Waals surface area contributed by atoms with Crippen LogP contribution in [0.4, 0.5) is 0 Å². The number of hydrogen-bond acceptors (Lipinski definition) is 4. The zero-order chi connectivity index (χ0) is 20.5. The SMILES string of the molecule is O=C(CCC(=O)NNC(=O)c1ccccc1Cl)NNC(=O)c1ccccc1Cl. The highest BCUT2D eigenvalue weighted by Crippen LogP contribution is 2.14. The van der Waals surface area contributed by atoms with Gasteiger partial charge in [0.05, 0.1) is 21.2 Å². The van der Waals surface area contributed by atoms with E-state index in [0.717, 1.165) is 0 Å². The molecule has 28 heavy (non-hydrogen) atoms. The van der Waals surface area contributed by atoms with E-state index in [4.69, 9.17) is 23.2 Å². The molecule has 4 amide bonds. The van der Waals surface area contributed by atoms with Gasteiger partial charge in [0.15, 0.2) is 0 Å². The molecule has 0 unspecified atom stereocenters. The molecule has 10 heteroatoms. The van der Waals surface area contributed by atoms with Gasteiger partial charge in [-0.1, -0.05) is 47.5 Å². The van der Waals surface area contributed by atoms with Gasteiger partial charge in [0.1, 0.15) is 0 Å². The van der Waals surface area contributed by atoms with Crippen LogP contribution >= 0.6 is 23.2 Å². The minimum atomic E-state index is -0.590. The number of carbonyl (C=O) groups excluding carboxylic acids is 4. The lowest BCUT2D eigenvalue weighted by Crippen LogP contribution is -2.44. The molecule has 0 aromatic heterocycles. The molecule has 146 valence electrons. The molecule has 0 atom stereocenters. The van der Waals surface area contributed by atoms with Gasteiger partial charge in [-0.3, -0.25) is 40.9 Å². The summed E-state index contributed by atoms with van der Waals surface area (Å²) in [7, 11) is 0. The van der Waals surface area contributed by atoms with Crippen LogP contribution < -0.4 is 21.7 Å². The minimum absolute atomic E-state index is 0.199. The molecule has 0 saturated carbocycles. The Bertz CT molecular complexity index is 831. The van der Waals surface area contributed by atoms with Crippen LogP contribution in [-0.4, -0.2) is 23.6 Å². The fourth-order valence-corrected chi connectivity index (χ4v) is 2.47. The Morgan fingerprint density at radius 2 is 0.964 bits per heavy atom. The molecule has 0 fully saturated rings. The standard InChI is InChI=1S/C18H16Cl2N4O4/c19-13-7-3-1-5-11(13)17(27)23-21-15(25)9-10-16(26)22-24-18(28)12-6-2-4-8-14(12)20/h1-8H,9-10H2,(H,21,25)(H,22,26)(H,23,27)(H,24,28). The molecular formula is C18H16Cl2N4O4. The molecule has 0 radical (unpaired) electrons. The Balaban J connectivity index is 1.70. The highest BCUT2D eigenvalue weighted by Gasteiger charge is 2.13. The molecular weight excluding hydrogens is 407 g/mol. The van der Waals surface area contributed by atoms with E-state index < -0.39 is 23.6 Å². The number of amides is 4. The van der Waals surface area contributed by atoms with E-state index in [9.17, 15) is 19.2 Å². The van der Waals surface area contributed by atoms with Crippen LogP contribution in [0, 0.1) is 0 Å². The maximum Gasteiger partial charge on any atom is 0.271 e. The predicted octanol–water partition coefficient (Wildman–Crippen LogP) is 2.00. The Hall–Kier alpha value is -3.10. The second kappa shape index (κ2) is 10.3. The van der Waals surface area contributed by atoms with E-state index in [-0.39, 0.29) is 34.0 Å². The third-order valence-electron chi connectivity index (χ3n) is 3.45. The Morgan fingerprint density at radius 1 is 0.607 bits per heavy atom. The molecule has 2 aromatic carbocycles. The van der Waals surface area contributed by atoms with Crippen molar-refractivity contribution in [2.75, 3.05) is 0 Å². The minimum Gasteiger partial charge on any atom is -0.273 e. The van der Waals surface area contributed by atoms with Crippen molar-refractivity contribution in [2.24, 2.45) is 0 Å². The van der Waals surface area contributed by atoms with Gasteiger partial charge >= 0.3 is 0 Å². The average molecular weight is 423 g/mol. The van der Waals surface area contributed by atoms with Crippen LogP contribution in [0.15, 0.2) is 48.5 Å². The first-order valence-corrected chi connectivity index (χ1v) is 8.81. The molecule has 0 bridgehead atoms. The summed E-state index contributed by atoms with van der Waals surface area (Å²) in [5.41, 5.74) is 9.16. The zero-order valence-corrected chi connectivity index (χ0v) is 15.9. The molecule has 2 rings (SSSR count). The van der Waals surface area contributed by atoms with E-state index in [2.05, 4.69) is 21.7 Å². The van der Waals surface area contributed by atoms with Crippen molar-refractivity contribution in [3.05, 3.63) is 69.7 Å². The highest BCUT2D eigenvalue weighted by molar-refractivity contribution is 6.34. The Morgan fingerprint density at radius 3 is 1.32 bits per heavy atom. The summed E-state index contributed by atoms with van der Waals surface area (Å²) in [6.07, 6.45) is -0.423. The molecule has 0 aliphatic rings. The zero-order valence-electron chi connectivity index (χ0n) is 14.4. The summed E-state index contributed by atoms with van der Waals surface area (Å²) < 4.78 is 0. The first-order chi connectivity index (χ1) is 13.4. The summed E-state index contributed by atoms with van der Waals surface area (Å²) in [6, 6.07) is 12.7. The third-order valence-corrected chi connectivity index (χ3v) is 4.11. The maximum absolute atomic E-state index is 11.9. The van der Waals surface area contributed by atoms with E-state index in [1.54, 1.807) is 36.4 Å². The van der Waals surface area contributed by atoms with Crippen molar-refractivity contribution < 1.29 is 19.2 Å². The molecule has 0 aliphatic carbocycles. The smallest absolute Gasteiger partial charge is 0.271 e. The van der Waals surface area contributed by atoms with Crippen molar-refractivity contribution in [2.45, 2.75) is 12.8 Å². The van der Waals surface area contributed by atoms with E-state index in [1.807, 2.05) is 0 Å². The van der Waals surface area contributed by atoms with Crippen LogP contribution in [0.2, 0.25) is 10.0 Å². The summed E-state index contributed by atoms with van der Waals surface area (Å²) in [5.74, 6) is -2.35. The van der Waals surface area contributed by atoms with Gasteiger partial charge in [0.2, 0.25) is 11.8 Å². The molecule has 4 N–H and O–H groups in total. The van der Waals surface area contributed by atoms with Crippen LogP contribution in [-0.2, 0) is 9.59 Å². The number of nitrogens with one attached hydrogen (secondary N) is 4. The van der Waals surface area contributed by atoms with E-state index >= 15 is 0 Å². The predicted molar refractivity (Wildman–Crippen MR) is 103 cm³/mol. The normalized spacial score (nSPS) is 9.93. The largest absolute Gasteiger partial charge is 0.273 e. The molecule has 2 aromatic rings. The molecule has 8 nitrogen and oxygen atoms in total. The van der Waals surface area contributed by atoms with Gasteiger partial charge in [-0.2, -0.15) is 0 Å². The average Bonchev–Trinajstić information content (AvgIpc) is 2.69. The van der Waals surface area contributed by atoms with Crippen LogP contribution in [0.1, 0.15) is 33.6 Å². The van der Waals surface area contributed by atoms with Crippen molar-refractivity contribution in [1.29, 1.82) is 0 Å². The number of carbonyl (C=O) groups is 4. The maximum atomic E-state index is 11.9. The number of hydrazine groups is 2. The van der Waals surface area contributed by atoms with Gasteiger partial charge in [0.25, 0.3) is 11.8 Å². The van der Waals surface area contributed by atoms with Crippen molar-refractivity contribution in [3.63, 3.8) is 0 Å². The van der Waals surface area contributed by atoms with Crippen LogP contribution in [0.3, 0.4) is 0 Å². The Kier molecular flexibility index (Phi) is 7.79. The topological polar surface area (TPSA) is 116 Å². The van der Waals surface area contributed by atoms with Crippen LogP contribution in [0.5, 0.6) is 0 Å². The Labute approximate surface area is 170 Å². The summed E-state index contributed by atoms with van der Waals surface area (Å²) in [6.45, 7) is 0. The highest BCUT2D eigenvalue weighted by atomic mass is 35.5. The molecule has 0 aliphatic heterocycles. The lowest BCUT2D eigenvalue weighted by atomic mass is 10.2. The number of hydrogen-bond donors (Lipinski definition) is 4. The van der Waals surface area contributed by atoms with Crippen molar-refractivity contribution in [1.82, 2.24) is 21.7 Å². The fourth-order valence-electron chi connectivity index (χ4n) is 2.03. The summed E-state index contributed by atoms with van der Waals surface area (Å²) >= 11 is 11.8. The molecule has 0 heterocycles. The third kappa shape index (κ3) is 6.26. The molecule has 0 spiro atoms. The second-order valence-electron chi connectivity index (χ2n) is 5.46. The first kappa shape index (κ1) is 21.2. The summed E-state index contributed by atoms with van der Waals surface area (Å²) in [4.78, 5) is 47.3. The van der Waals surface area contributed by atoms with E-state index in [0.29, 0.717) is 0 Å².